The Balaban J connectivity index is 2.52. The third-order valence-corrected chi connectivity index (χ3v) is 2.95. The first-order valence-corrected chi connectivity index (χ1v) is 6.83. The topological polar surface area (TPSA) is 109 Å². The number of unbranched alkanes of at least 4 members (excludes halogenated alkanes) is 1. The Kier molecular flexibility index (Phi) is 6.45. The van der Waals surface area contributed by atoms with Gasteiger partial charge in [-0.15, -0.1) is 0 Å². The SMILES string of the molecule is CCCCC(NC(=O)C(C)NC(=O)c1ccco1)C(=O)O. The van der Waals surface area contributed by atoms with Crippen molar-refractivity contribution in [1.82, 2.24) is 10.6 Å². The van der Waals surface area contributed by atoms with E-state index in [0.717, 1.165) is 6.42 Å². The Bertz CT molecular complexity index is 484. The van der Waals surface area contributed by atoms with E-state index in [9.17, 15) is 14.4 Å². The molecule has 1 rings (SSSR count). The zero-order chi connectivity index (χ0) is 15.8. The van der Waals surface area contributed by atoms with Crippen LogP contribution >= 0.6 is 0 Å². The zero-order valence-electron chi connectivity index (χ0n) is 12.1. The number of carbonyl (C=O) groups excluding carboxylic acids is 2. The Morgan fingerprint density at radius 2 is 2.05 bits per heavy atom. The first kappa shape index (κ1) is 16.7. The summed E-state index contributed by atoms with van der Waals surface area (Å²) in [6, 6.07) is 1.23. The molecule has 0 aliphatic rings. The number of rotatable bonds is 8. The van der Waals surface area contributed by atoms with Crippen LogP contribution in [-0.2, 0) is 9.59 Å². The molecule has 3 N–H and O–H groups in total. The van der Waals surface area contributed by atoms with Crippen molar-refractivity contribution in [1.29, 1.82) is 0 Å². The Hall–Kier alpha value is -2.31. The molecular formula is C14H20N2O5. The monoisotopic (exact) mass is 296 g/mol. The Labute approximate surface area is 122 Å². The molecule has 0 bridgehead atoms. The van der Waals surface area contributed by atoms with Gasteiger partial charge in [0, 0.05) is 0 Å². The van der Waals surface area contributed by atoms with Crippen molar-refractivity contribution in [3.05, 3.63) is 24.2 Å². The highest BCUT2D eigenvalue weighted by Gasteiger charge is 2.24. The van der Waals surface area contributed by atoms with Gasteiger partial charge in [-0.3, -0.25) is 9.59 Å². The second-order valence-corrected chi connectivity index (χ2v) is 4.71. The summed E-state index contributed by atoms with van der Waals surface area (Å²) < 4.78 is 4.91. The van der Waals surface area contributed by atoms with Crippen LogP contribution in [0.15, 0.2) is 22.8 Å². The number of hydrogen-bond donors (Lipinski definition) is 3. The van der Waals surface area contributed by atoms with Crippen LogP contribution in [0.25, 0.3) is 0 Å². The van der Waals surface area contributed by atoms with Crippen molar-refractivity contribution < 1.29 is 23.9 Å². The zero-order valence-corrected chi connectivity index (χ0v) is 12.1. The molecule has 21 heavy (non-hydrogen) atoms. The highest BCUT2D eigenvalue weighted by atomic mass is 16.4. The molecule has 0 saturated carbocycles. The third-order valence-electron chi connectivity index (χ3n) is 2.95. The highest BCUT2D eigenvalue weighted by molar-refractivity contribution is 5.96. The quantitative estimate of drug-likeness (QED) is 0.667. The van der Waals surface area contributed by atoms with Crippen LogP contribution in [0, 0.1) is 0 Å². The first-order valence-electron chi connectivity index (χ1n) is 6.83. The predicted octanol–water partition coefficient (Wildman–Crippen LogP) is 1.16. The summed E-state index contributed by atoms with van der Waals surface area (Å²) in [5.41, 5.74) is 0. The average molecular weight is 296 g/mol. The van der Waals surface area contributed by atoms with Crippen molar-refractivity contribution in [2.24, 2.45) is 0 Å². The van der Waals surface area contributed by atoms with Gasteiger partial charge in [0.1, 0.15) is 12.1 Å². The van der Waals surface area contributed by atoms with Gasteiger partial charge in [-0.25, -0.2) is 4.79 Å². The maximum atomic E-state index is 11.9. The van der Waals surface area contributed by atoms with Gasteiger partial charge < -0.3 is 20.2 Å². The standard InChI is InChI=1S/C14H20N2O5/c1-3-4-6-10(14(19)20)16-12(17)9(2)15-13(18)11-7-5-8-21-11/h5,7-10H,3-4,6H2,1-2H3,(H,15,18)(H,16,17)(H,19,20). The van der Waals surface area contributed by atoms with Gasteiger partial charge in [0.05, 0.1) is 6.26 Å². The fourth-order valence-electron chi connectivity index (χ4n) is 1.70. The minimum Gasteiger partial charge on any atom is -0.480 e. The number of aliphatic carboxylic acids is 1. The van der Waals surface area contributed by atoms with Gasteiger partial charge >= 0.3 is 5.97 Å². The lowest BCUT2D eigenvalue weighted by Crippen LogP contribution is -2.50. The summed E-state index contributed by atoms with van der Waals surface area (Å²) in [5.74, 6) is -2.06. The second kappa shape index (κ2) is 8.08. The van der Waals surface area contributed by atoms with E-state index in [1.165, 1.54) is 19.3 Å². The predicted molar refractivity (Wildman–Crippen MR) is 74.7 cm³/mol. The number of furan rings is 1. The molecular weight excluding hydrogens is 276 g/mol. The molecule has 0 radical (unpaired) electrons. The number of nitrogens with one attached hydrogen (secondary N) is 2. The summed E-state index contributed by atoms with van der Waals surface area (Å²) in [5, 5.41) is 13.9. The van der Waals surface area contributed by atoms with Gasteiger partial charge in [0.15, 0.2) is 5.76 Å². The lowest BCUT2D eigenvalue weighted by atomic mass is 10.1. The Morgan fingerprint density at radius 1 is 1.33 bits per heavy atom. The fourth-order valence-corrected chi connectivity index (χ4v) is 1.70. The molecule has 1 aromatic heterocycles. The molecule has 2 amide bonds. The molecule has 116 valence electrons. The summed E-state index contributed by atoms with van der Waals surface area (Å²) in [4.78, 5) is 34.7. The van der Waals surface area contributed by atoms with E-state index in [0.29, 0.717) is 12.8 Å². The highest BCUT2D eigenvalue weighted by Crippen LogP contribution is 2.03. The minimum absolute atomic E-state index is 0.0930. The summed E-state index contributed by atoms with van der Waals surface area (Å²) in [6.07, 6.45) is 3.25. The van der Waals surface area contributed by atoms with Crippen molar-refractivity contribution in [3.8, 4) is 0 Å². The first-order chi connectivity index (χ1) is 9.95. The maximum absolute atomic E-state index is 11.9. The maximum Gasteiger partial charge on any atom is 0.326 e. The lowest BCUT2D eigenvalue weighted by Gasteiger charge is -2.18. The van der Waals surface area contributed by atoms with Crippen LogP contribution in [0.1, 0.15) is 43.7 Å². The molecule has 0 fully saturated rings. The van der Waals surface area contributed by atoms with E-state index in [2.05, 4.69) is 10.6 Å². The second-order valence-electron chi connectivity index (χ2n) is 4.71. The molecule has 2 atom stereocenters. The Morgan fingerprint density at radius 3 is 2.57 bits per heavy atom. The number of carbonyl (C=O) groups is 3. The van der Waals surface area contributed by atoms with Gasteiger partial charge in [0.25, 0.3) is 5.91 Å². The van der Waals surface area contributed by atoms with E-state index >= 15 is 0 Å². The largest absolute Gasteiger partial charge is 0.480 e. The molecule has 7 nitrogen and oxygen atoms in total. The molecule has 0 aromatic carbocycles. The molecule has 2 unspecified atom stereocenters. The molecule has 0 saturated heterocycles. The van der Waals surface area contributed by atoms with Crippen molar-refractivity contribution in [2.75, 3.05) is 0 Å². The minimum atomic E-state index is -1.08. The normalized spacial score (nSPS) is 13.2. The molecule has 7 heteroatoms. The number of amides is 2. The van der Waals surface area contributed by atoms with Gasteiger partial charge in [-0.2, -0.15) is 0 Å². The van der Waals surface area contributed by atoms with Gasteiger partial charge in [-0.1, -0.05) is 19.8 Å². The lowest BCUT2D eigenvalue weighted by molar-refractivity contribution is -0.142. The van der Waals surface area contributed by atoms with Crippen LogP contribution in [0.2, 0.25) is 0 Å². The smallest absolute Gasteiger partial charge is 0.326 e. The molecule has 0 spiro atoms. The molecule has 0 aliphatic heterocycles. The van der Waals surface area contributed by atoms with Crippen LogP contribution < -0.4 is 10.6 Å². The number of carboxylic acid groups (broad SMARTS) is 1. The van der Waals surface area contributed by atoms with Gasteiger partial charge in [-0.05, 0) is 25.5 Å². The van der Waals surface area contributed by atoms with E-state index in [1.54, 1.807) is 6.07 Å². The molecule has 1 heterocycles. The van der Waals surface area contributed by atoms with Crippen LogP contribution in [0.3, 0.4) is 0 Å². The summed E-state index contributed by atoms with van der Waals surface area (Å²) in [6.45, 7) is 3.42. The van der Waals surface area contributed by atoms with Crippen LogP contribution in [-0.4, -0.2) is 35.0 Å². The van der Waals surface area contributed by atoms with Crippen molar-refractivity contribution >= 4 is 17.8 Å². The fraction of sp³-hybridized carbons (Fsp3) is 0.500. The van der Waals surface area contributed by atoms with Crippen LogP contribution in [0.5, 0.6) is 0 Å². The number of hydrogen-bond acceptors (Lipinski definition) is 4. The van der Waals surface area contributed by atoms with Gasteiger partial charge in [0.2, 0.25) is 5.91 Å². The average Bonchev–Trinajstić information content (AvgIpc) is 2.96. The molecule has 0 aliphatic carbocycles. The van der Waals surface area contributed by atoms with E-state index in [4.69, 9.17) is 9.52 Å². The van der Waals surface area contributed by atoms with Crippen molar-refractivity contribution in [2.45, 2.75) is 45.2 Å². The van der Waals surface area contributed by atoms with Crippen molar-refractivity contribution in [3.63, 3.8) is 0 Å². The van der Waals surface area contributed by atoms with E-state index < -0.39 is 29.9 Å². The third kappa shape index (κ3) is 5.29. The summed E-state index contributed by atoms with van der Waals surface area (Å²) in [7, 11) is 0. The number of carboxylic acids is 1. The van der Waals surface area contributed by atoms with E-state index in [-0.39, 0.29) is 5.76 Å². The van der Waals surface area contributed by atoms with E-state index in [1.807, 2.05) is 6.92 Å². The molecule has 1 aromatic rings. The van der Waals surface area contributed by atoms with Crippen LogP contribution in [0.4, 0.5) is 0 Å². The summed E-state index contributed by atoms with van der Waals surface area (Å²) >= 11 is 0.